The van der Waals surface area contributed by atoms with Crippen molar-refractivity contribution in [3.63, 3.8) is 0 Å². The van der Waals surface area contributed by atoms with E-state index >= 15 is 0 Å². The number of anilines is 1. The maximum absolute atomic E-state index is 11.0. The van der Waals surface area contributed by atoms with Crippen LogP contribution in [0.25, 0.3) is 0 Å². The summed E-state index contributed by atoms with van der Waals surface area (Å²) in [6.07, 6.45) is 0. The molecule has 0 fully saturated rings. The number of halogens is 1. The summed E-state index contributed by atoms with van der Waals surface area (Å²) in [4.78, 5) is 11.0. The third-order valence-corrected chi connectivity index (χ3v) is 3.19. The molecule has 2 aromatic carbocycles. The first-order valence-corrected chi connectivity index (χ1v) is 6.33. The Morgan fingerprint density at radius 2 is 2.00 bits per heavy atom. The van der Waals surface area contributed by atoms with Crippen LogP contribution < -0.4 is 10.5 Å². The molecule has 4 nitrogen and oxygen atoms in total. The first-order valence-electron chi connectivity index (χ1n) is 5.54. The van der Waals surface area contributed by atoms with E-state index in [1.54, 1.807) is 6.07 Å². The number of nitrogen functional groups attached to an aromatic ring is 1. The van der Waals surface area contributed by atoms with Crippen LogP contribution in [0.15, 0.2) is 40.9 Å². The van der Waals surface area contributed by atoms with Gasteiger partial charge >= 0.3 is 5.97 Å². The number of carbonyl (C=O) groups is 1. The van der Waals surface area contributed by atoms with Gasteiger partial charge in [0.1, 0.15) is 11.5 Å². The number of ether oxygens (including phenoxy) is 1. The minimum absolute atomic E-state index is 0.0285. The van der Waals surface area contributed by atoms with Crippen LogP contribution >= 0.6 is 15.9 Å². The number of nitrogens with two attached hydrogens (primary N) is 1. The van der Waals surface area contributed by atoms with E-state index in [1.165, 1.54) is 12.1 Å². The van der Waals surface area contributed by atoms with Crippen molar-refractivity contribution in [3.05, 3.63) is 52.0 Å². The molecule has 19 heavy (non-hydrogen) atoms. The molecule has 2 rings (SSSR count). The summed E-state index contributed by atoms with van der Waals surface area (Å²) in [5.41, 5.74) is 6.93. The van der Waals surface area contributed by atoms with Crippen molar-refractivity contribution < 1.29 is 14.6 Å². The van der Waals surface area contributed by atoms with Gasteiger partial charge in [0, 0.05) is 5.69 Å². The molecule has 0 bridgehead atoms. The minimum atomic E-state index is -1.08. The molecule has 0 aliphatic carbocycles. The van der Waals surface area contributed by atoms with Crippen molar-refractivity contribution in [2.24, 2.45) is 0 Å². The molecule has 3 N–H and O–H groups in total. The summed E-state index contributed by atoms with van der Waals surface area (Å²) in [6.45, 7) is 1.97. The van der Waals surface area contributed by atoms with Gasteiger partial charge in [0.2, 0.25) is 0 Å². The maximum Gasteiger partial charge on any atom is 0.337 e. The van der Waals surface area contributed by atoms with Gasteiger partial charge in [0.15, 0.2) is 0 Å². The van der Waals surface area contributed by atoms with Crippen LogP contribution in [0.1, 0.15) is 15.9 Å². The maximum atomic E-state index is 11.0. The molecule has 0 saturated heterocycles. The molecular formula is C14H12BrNO3. The number of rotatable bonds is 3. The normalized spacial score (nSPS) is 10.2. The van der Waals surface area contributed by atoms with Gasteiger partial charge in [-0.3, -0.25) is 0 Å². The Kier molecular flexibility index (Phi) is 3.76. The Morgan fingerprint density at radius 3 is 2.63 bits per heavy atom. The average molecular weight is 322 g/mol. The highest BCUT2D eigenvalue weighted by Gasteiger charge is 2.10. The lowest BCUT2D eigenvalue weighted by atomic mass is 10.1. The largest absolute Gasteiger partial charge is 0.478 e. The number of carboxylic acid groups (broad SMARTS) is 1. The van der Waals surface area contributed by atoms with Crippen LogP contribution in [-0.2, 0) is 0 Å². The third kappa shape index (κ3) is 3.06. The molecule has 0 heterocycles. The van der Waals surface area contributed by atoms with Gasteiger partial charge in [0.25, 0.3) is 0 Å². The van der Waals surface area contributed by atoms with E-state index in [4.69, 9.17) is 15.6 Å². The average Bonchev–Trinajstić information content (AvgIpc) is 2.34. The number of hydrogen-bond acceptors (Lipinski definition) is 3. The lowest BCUT2D eigenvalue weighted by molar-refractivity contribution is 0.0697. The van der Waals surface area contributed by atoms with E-state index in [0.717, 1.165) is 10.0 Å². The molecule has 5 heteroatoms. The number of aromatic carboxylic acids is 1. The van der Waals surface area contributed by atoms with E-state index in [0.29, 0.717) is 11.5 Å². The van der Waals surface area contributed by atoms with Gasteiger partial charge in [-0.05, 0) is 58.7 Å². The van der Waals surface area contributed by atoms with E-state index in [2.05, 4.69) is 15.9 Å². The van der Waals surface area contributed by atoms with Gasteiger partial charge in [-0.2, -0.15) is 0 Å². The quantitative estimate of drug-likeness (QED) is 0.843. The number of carboxylic acids is 1. The van der Waals surface area contributed by atoms with Crippen LogP contribution in [-0.4, -0.2) is 11.1 Å². The fraction of sp³-hybridized carbons (Fsp3) is 0.0714. The standard InChI is InChI=1S/C14H12BrNO3/c1-8-2-5-13(11(15)6-8)19-9-3-4-12(16)10(7-9)14(17)18/h2-7H,16H2,1H3,(H,17,18). The monoisotopic (exact) mass is 321 g/mol. The molecule has 0 radical (unpaired) electrons. The Bertz CT molecular complexity index is 641. The van der Waals surface area contributed by atoms with E-state index < -0.39 is 5.97 Å². The van der Waals surface area contributed by atoms with Crippen LogP contribution in [0.2, 0.25) is 0 Å². The second-order valence-corrected chi connectivity index (χ2v) is 4.94. The molecular weight excluding hydrogens is 310 g/mol. The van der Waals surface area contributed by atoms with Crippen LogP contribution in [0.5, 0.6) is 11.5 Å². The molecule has 0 amide bonds. The SMILES string of the molecule is Cc1ccc(Oc2ccc(N)c(C(=O)O)c2)c(Br)c1. The van der Waals surface area contributed by atoms with Gasteiger partial charge in [-0.25, -0.2) is 4.79 Å². The van der Waals surface area contributed by atoms with Crippen molar-refractivity contribution in [1.29, 1.82) is 0 Å². The van der Waals surface area contributed by atoms with Crippen LogP contribution in [0, 0.1) is 6.92 Å². The number of hydrogen-bond donors (Lipinski definition) is 2. The Balaban J connectivity index is 2.33. The van der Waals surface area contributed by atoms with Crippen LogP contribution in [0.4, 0.5) is 5.69 Å². The summed E-state index contributed by atoms with van der Waals surface area (Å²) in [6, 6.07) is 10.2. The lowest BCUT2D eigenvalue weighted by Gasteiger charge is -2.10. The molecule has 98 valence electrons. The molecule has 0 unspecified atom stereocenters. The minimum Gasteiger partial charge on any atom is -0.478 e. The predicted molar refractivity (Wildman–Crippen MR) is 76.8 cm³/mol. The Hall–Kier alpha value is -2.01. The molecule has 0 aliphatic rings. The first-order chi connectivity index (χ1) is 8.97. The summed E-state index contributed by atoms with van der Waals surface area (Å²) in [5, 5.41) is 9.00. The summed E-state index contributed by atoms with van der Waals surface area (Å²) in [7, 11) is 0. The summed E-state index contributed by atoms with van der Waals surface area (Å²) < 4.78 is 6.45. The van der Waals surface area contributed by atoms with Crippen molar-refractivity contribution in [1.82, 2.24) is 0 Å². The van der Waals surface area contributed by atoms with Gasteiger partial charge in [0.05, 0.1) is 10.0 Å². The highest BCUT2D eigenvalue weighted by Crippen LogP contribution is 2.31. The second kappa shape index (κ2) is 5.32. The van der Waals surface area contributed by atoms with Gasteiger partial charge in [-0.1, -0.05) is 6.07 Å². The van der Waals surface area contributed by atoms with Gasteiger partial charge < -0.3 is 15.6 Å². The molecule has 0 aliphatic heterocycles. The third-order valence-electron chi connectivity index (χ3n) is 2.57. The lowest BCUT2D eigenvalue weighted by Crippen LogP contribution is -2.02. The molecule has 0 atom stereocenters. The van der Waals surface area contributed by atoms with Crippen molar-refractivity contribution in [3.8, 4) is 11.5 Å². The number of benzene rings is 2. The Labute approximate surface area is 118 Å². The zero-order valence-electron chi connectivity index (χ0n) is 10.2. The first kappa shape index (κ1) is 13.4. The van der Waals surface area contributed by atoms with E-state index in [-0.39, 0.29) is 11.3 Å². The van der Waals surface area contributed by atoms with Gasteiger partial charge in [-0.15, -0.1) is 0 Å². The molecule has 0 aromatic heterocycles. The highest BCUT2D eigenvalue weighted by molar-refractivity contribution is 9.10. The van der Waals surface area contributed by atoms with Crippen molar-refractivity contribution in [2.45, 2.75) is 6.92 Å². The van der Waals surface area contributed by atoms with E-state index in [1.807, 2.05) is 25.1 Å². The fourth-order valence-corrected chi connectivity index (χ4v) is 2.17. The zero-order valence-corrected chi connectivity index (χ0v) is 11.8. The van der Waals surface area contributed by atoms with Crippen LogP contribution in [0.3, 0.4) is 0 Å². The topological polar surface area (TPSA) is 72.5 Å². The summed E-state index contributed by atoms with van der Waals surface area (Å²) in [5.74, 6) is -0.0335. The van der Waals surface area contributed by atoms with Crippen molar-refractivity contribution in [2.75, 3.05) is 5.73 Å². The number of aryl methyl sites for hydroxylation is 1. The summed E-state index contributed by atoms with van der Waals surface area (Å²) >= 11 is 3.40. The molecule has 0 saturated carbocycles. The molecule has 2 aromatic rings. The second-order valence-electron chi connectivity index (χ2n) is 4.09. The molecule has 0 spiro atoms. The predicted octanol–water partition coefficient (Wildman–Crippen LogP) is 3.83. The zero-order chi connectivity index (χ0) is 14.0. The Morgan fingerprint density at radius 1 is 1.26 bits per heavy atom. The smallest absolute Gasteiger partial charge is 0.337 e. The highest BCUT2D eigenvalue weighted by atomic mass is 79.9. The van der Waals surface area contributed by atoms with E-state index in [9.17, 15) is 4.79 Å². The fourth-order valence-electron chi connectivity index (χ4n) is 1.60. The van der Waals surface area contributed by atoms with Crippen molar-refractivity contribution >= 4 is 27.6 Å².